The van der Waals surface area contributed by atoms with Crippen LogP contribution in [0.2, 0.25) is 0 Å². The Morgan fingerprint density at radius 1 is 1.08 bits per heavy atom. The van der Waals surface area contributed by atoms with Gasteiger partial charge >= 0.3 is 6.03 Å². The minimum absolute atomic E-state index is 0.133. The fraction of sp³-hybridized carbons (Fsp3) is 0.231. The lowest BCUT2D eigenvalue weighted by Gasteiger charge is -2.32. The number of urea groups is 1. The summed E-state index contributed by atoms with van der Waals surface area (Å²) in [6, 6.07) is 4.28. The van der Waals surface area contributed by atoms with Gasteiger partial charge in [0.1, 0.15) is 0 Å². The van der Waals surface area contributed by atoms with E-state index >= 15 is 0 Å². The van der Waals surface area contributed by atoms with Crippen molar-refractivity contribution in [2.24, 2.45) is 5.92 Å². The van der Waals surface area contributed by atoms with E-state index in [2.05, 4.69) is 10.9 Å². The summed E-state index contributed by atoms with van der Waals surface area (Å²) in [5.74, 6) is -4.52. The van der Waals surface area contributed by atoms with Gasteiger partial charge in [0.25, 0.3) is 23.4 Å². The third-order valence-corrected chi connectivity index (χ3v) is 3.40. The van der Waals surface area contributed by atoms with Crippen molar-refractivity contribution in [2.45, 2.75) is 0 Å². The molecule has 1 aliphatic heterocycles. The minimum Gasteiger partial charge on any atom is -0.299 e. The third kappa shape index (κ3) is 2.99. The van der Waals surface area contributed by atoms with Crippen molar-refractivity contribution in [1.29, 1.82) is 0 Å². The Kier molecular flexibility index (Phi) is 4.44. The molecule has 1 aromatic carbocycles. The second-order valence-corrected chi connectivity index (χ2v) is 4.93. The molecule has 0 atom stereocenters. The largest absolute Gasteiger partial charge is 0.332 e. The van der Waals surface area contributed by atoms with Crippen molar-refractivity contribution in [1.82, 2.24) is 15.2 Å². The van der Waals surface area contributed by atoms with Gasteiger partial charge in [0.15, 0.2) is 5.92 Å². The van der Waals surface area contributed by atoms with Crippen LogP contribution in [0.5, 0.6) is 0 Å². The molecule has 11 nitrogen and oxygen atoms in total. The van der Waals surface area contributed by atoms with Crippen molar-refractivity contribution in [2.75, 3.05) is 19.5 Å². The number of carbonyl (C=O) groups excluding carboxylic acids is 4. The Morgan fingerprint density at radius 3 is 2.04 bits per heavy atom. The molecule has 1 heterocycles. The first-order valence-electron chi connectivity index (χ1n) is 6.63. The standard InChI is InChI=1S/C13H13N5O6/c1-16-11(20)9(12(21)17(2)13(16)22)10(19)15-14-7-3-5-8(6-4-7)18(23)24/h3-6,9,14H,1-2H3,(H,15,19). The number of nitrogens with zero attached hydrogens (tertiary/aromatic N) is 3. The lowest BCUT2D eigenvalue weighted by molar-refractivity contribution is -0.384. The second kappa shape index (κ2) is 6.32. The molecule has 0 saturated carbocycles. The first-order valence-corrected chi connectivity index (χ1v) is 6.63. The summed E-state index contributed by atoms with van der Waals surface area (Å²) in [6.07, 6.45) is 0. The number of nitro groups is 1. The third-order valence-electron chi connectivity index (χ3n) is 3.40. The predicted molar refractivity (Wildman–Crippen MR) is 79.3 cm³/mol. The van der Waals surface area contributed by atoms with E-state index in [0.29, 0.717) is 15.5 Å². The van der Waals surface area contributed by atoms with Crippen LogP contribution in [0.25, 0.3) is 0 Å². The fourth-order valence-corrected chi connectivity index (χ4v) is 2.00. The summed E-state index contributed by atoms with van der Waals surface area (Å²) < 4.78 is 0. The molecule has 0 radical (unpaired) electrons. The van der Waals surface area contributed by atoms with E-state index in [1.807, 2.05) is 0 Å². The number of nitro benzene ring substituents is 1. The molecular formula is C13H13N5O6. The molecule has 1 aromatic rings. The first kappa shape index (κ1) is 16.9. The van der Waals surface area contributed by atoms with Crippen molar-refractivity contribution in [3.63, 3.8) is 0 Å². The number of non-ortho nitro benzene ring substituents is 1. The summed E-state index contributed by atoms with van der Waals surface area (Å²) in [4.78, 5) is 58.9. The molecule has 2 N–H and O–H groups in total. The van der Waals surface area contributed by atoms with E-state index < -0.39 is 34.6 Å². The summed E-state index contributed by atoms with van der Waals surface area (Å²) in [5, 5.41) is 10.5. The van der Waals surface area contributed by atoms with Gasteiger partial charge in [0.2, 0.25) is 0 Å². The van der Waals surface area contributed by atoms with Crippen molar-refractivity contribution >= 4 is 35.1 Å². The normalized spacial score (nSPS) is 15.5. The van der Waals surface area contributed by atoms with Crippen LogP contribution in [0.15, 0.2) is 24.3 Å². The van der Waals surface area contributed by atoms with E-state index in [1.54, 1.807) is 0 Å². The molecular weight excluding hydrogens is 322 g/mol. The van der Waals surface area contributed by atoms with Crippen LogP contribution >= 0.6 is 0 Å². The van der Waals surface area contributed by atoms with Crippen LogP contribution < -0.4 is 10.9 Å². The van der Waals surface area contributed by atoms with Crippen molar-refractivity contribution in [3.8, 4) is 0 Å². The number of benzene rings is 1. The number of anilines is 1. The Labute approximate surface area is 135 Å². The Bertz CT molecular complexity index is 707. The van der Waals surface area contributed by atoms with E-state index in [4.69, 9.17) is 0 Å². The van der Waals surface area contributed by atoms with Gasteiger partial charge in [-0.1, -0.05) is 0 Å². The number of hydrogen-bond donors (Lipinski definition) is 2. The van der Waals surface area contributed by atoms with Crippen LogP contribution in [-0.2, 0) is 14.4 Å². The molecule has 1 saturated heterocycles. The number of nitrogens with one attached hydrogen (secondary N) is 2. The summed E-state index contributed by atoms with van der Waals surface area (Å²) in [7, 11) is 2.33. The minimum atomic E-state index is -1.69. The second-order valence-electron chi connectivity index (χ2n) is 4.93. The van der Waals surface area contributed by atoms with Gasteiger partial charge in [0.05, 0.1) is 10.6 Å². The quantitative estimate of drug-likeness (QED) is 0.437. The Balaban J connectivity index is 2.06. The SMILES string of the molecule is CN1C(=O)C(C(=O)NNc2ccc([N+](=O)[O-])cc2)C(=O)N(C)C1=O. The van der Waals surface area contributed by atoms with Gasteiger partial charge in [-0.25, -0.2) is 4.79 Å². The number of hydrazine groups is 1. The van der Waals surface area contributed by atoms with Gasteiger partial charge in [0, 0.05) is 26.2 Å². The van der Waals surface area contributed by atoms with E-state index in [9.17, 15) is 29.3 Å². The highest BCUT2D eigenvalue weighted by Crippen LogP contribution is 2.17. The highest BCUT2D eigenvalue weighted by Gasteiger charge is 2.46. The molecule has 1 aliphatic rings. The van der Waals surface area contributed by atoms with Gasteiger partial charge < -0.3 is 0 Å². The molecule has 0 aromatic heterocycles. The first-order chi connectivity index (χ1) is 11.2. The molecule has 24 heavy (non-hydrogen) atoms. The zero-order valence-electron chi connectivity index (χ0n) is 12.7. The molecule has 1 fully saturated rings. The Morgan fingerprint density at radius 2 is 1.58 bits per heavy atom. The van der Waals surface area contributed by atoms with E-state index in [0.717, 1.165) is 14.1 Å². The maximum Gasteiger partial charge on any atom is 0.332 e. The highest BCUT2D eigenvalue weighted by atomic mass is 16.6. The van der Waals surface area contributed by atoms with Gasteiger partial charge in [-0.15, -0.1) is 0 Å². The molecule has 2 rings (SSSR count). The molecule has 0 unspecified atom stereocenters. The van der Waals surface area contributed by atoms with Gasteiger partial charge in [-0.05, 0) is 12.1 Å². The predicted octanol–water partition coefficient (Wildman–Crippen LogP) is -0.296. The number of amides is 5. The topological polar surface area (TPSA) is 142 Å². The van der Waals surface area contributed by atoms with Crippen LogP contribution in [0.4, 0.5) is 16.2 Å². The smallest absolute Gasteiger partial charge is 0.299 e. The van der Waals surface area contributed by atoms with E-state index in [1.165, 1.54) is 24.3 Å². The maximum atomic E-state index is 12.1. The zero-order chi connectivity index (χ0) is 18.0. The fourth-order valence-electron chi connectivity index (χ4n) is 2.00. The molecule has 11 heteroatoms. The van der Waals surface area contributed by atoms with Crippen LogP contribution in [0.1, 0.15) is 0 Å². The molecule has 5 amide bonds. The van der Waals surface area contributed by atoms with Crippen LogP contribution in [0.3, 0.4) is 0 Å². The summed E-state index contributed by atoms with van der Waals surface area (Å²) >= 11 is 0. The molecule has 0 aliphatic carbocycles. The number of hydrogen-bond acceptors (Lipinski definition) is 7. The zero-order valence-corrected chi connectivity index (χ0v) is 12.7. The van der Waals surface area contributed by atoms with Crippen molar-refractivity contribution in [3.05, 3.63) is 34.4 Å². The van der Waals surface area contributed by atoms with Gasteiger partial charge in [-0.2, -0.15) is 0 Å². The molecule has 0 spiro atoms. The number of imide groups is 2. The van der Waals surface area contributed by atoms with E-state index in [-0.39, 0.29) is 5.69 Å². The Hall–Kier alpha value is -3.50. The molecule has 126 valence electrons. The van der Waals surface area contributed by atoms with Crippen molar-refractivity contribution < 1.29 is 24.1 Å². The lowest BCUT2D eigenvalue weighted by atomic mass is 10.0. The lowest BCUT2D eigenvalue weighted by Crippen LogP contribution is -2.60. The number of rotatable bonds is 4. The average Bonchev–Trinajstić information content (AvgIpc) is 2.57. The number of barbiturate groups is 1. The molecule has 0 bridgehead atoms. The number of carbonyl (C=O) groups is 4. The van der Waals surface area contributed by atoms with Crippen LogP contribution in [0, 0.1) is 16.0 Å². The van der Waals surface area contributed by atoms with Gasteiger partial charge in [-0.3, -0.25) is 45.1 Å². The average molecular weight is 335 g/mol. The summed E-state index contributed by atoms with van der Waals surface area (Å²) in [6.45, 7) is 0. The highest BCUT2D eigenvalue weighted by molar-refractivity contribution is 6.25. The maximum absolute atomic E-state index is 12.1. The van der Waals surface area contributed by atoms with Crippen LogP contribution in [-0.4, -0.2) is 52.6 Å². The summed E-state index contributed by atoms with van der Waals surface area (Å²) in [5.41, 5.74) is 4.79. The monoisotopic (exact) mass is 335 g/mol.